The molecule has 0 radical (unpaired) electrons. The van der Waals surface area contributed by atoms with Crippen LogP contribution in [0.25, 0.3) is 22.4 Å². The Labute approximate surface area is 210 Å². The Hall–Kier alpha value is -3.88. The van der Waals surface area contributed by atoms with Gasteiger partial charge in [-0.3, -0.25) is 0 Å². The molecule has 1 saturated carbocycles. The quantitative estimate of drug-likeness (QED) is 0.270. The molecule has 0 bridgehead atoms. The second-order valence-electron chi connectivity index (χ2n) is 9.19. The van der Waals surface area contributed by atoms with E-state index in [1.165, 1.54) is 42.5 Å². The van der Waals surface area contributed by atoms with E-state index in [9.17, 15) is 23.1 Å². The molecule has 1 heterocycles. The number of fused-ring (bicyclic) bond motifs is 1. The van der Waals surface area contributed by atoms with Crippen LogP contribution in [0.3, 0.4) is 0 Å². The number of carbonyl (C=O) groups is 1. The number of carboxylic acid groups (broad SMARTS) is 1. The second-order valence-corrected chi connectivity index (χ2v) is 9.19. The van der Waals surface area contributed by atoms with Crippen molar-refractivity contribution in [1.29, 1.82) is 0 Å². The number of alkyl halides is 3. The van der Waals surface area contributed by atoms with Crippen LogP contribution in [0.5, 0.6) is 5.75 Å². The first kappa shape index (κ1) is 24.8. The van der Waals surface area contributed by atoms with Gasteiger partial charge in [-0.1, -0.05) is 37.5 Å². The molecule has 0 aliphatic heterocycles. The van der Waals surface area contributed by atoms with Crippen molar-refractivity contribution in [1.82, 2.24) is 9.55 Å². The SMILES string of the molecule is O=C(O)c1ccc2c(c1)nc(-c1ccc(OCc3ccccc3C(F)(F)F)cc1F)n2C1CCCCC1. The average Bonchev–Trinajstić information content (AvgIpc) is 3.26. The smallest absolute Gasteiger partial charge is 0.416 e. The van der Waals surface area contributed by atoms with Crippen LogP contribution in [-0.2, 0) is 12.8 Å². The summed E-state index contributed by atoms with van der Waals surface area (Å²) in [6.07, 6.45) is 0.478. The molecule has 3 aromatic carbocycles. The summed E-state index contributed by atoms with van der Waals surface area (Å²) >= 11 is 0. The van der Waals surface area contributed by atoms with E-state index in [1.807, 2.05) is 4.57 Å². The summed E-state index contributed by atoms with van der Waals surface area (Å²) in [5, 5.41) is 9.38. The van der Waals surface area contributed by atoms with E-state index in [0.717, 1.165) is 49.8 Å². The zero-order valence-corrected chi connectivity index (χ0v) is 19.8. The van der Waals surface area contributed by atoms with Crippen molar-refractivity contribution in [2.45, 2.75) is 50.9 Å². The Morgan fingerprint density at radius 2 is 1.78 bits per heavy atom. The van der Waals surface area contributed by atoms with Gasteiger partial charge in [0.15, 0.2) is 0 Å². The topological polar surface area (TPSA) is 64.3 Å². The number of hydrogen-bond donors (Lipinski definition) is 1. The number of imidazole rings is 1. The molecule has 0 spiro atoms. The van der Waals surface area contributed by atoms with Gasteiger partial charge in [-0.2, -0.15) is 13.2 Å². The molecular weight excluding hydrogens is 488 g/mol. The summed E-state index contributed by atoms with van der Waals surface area (Å²) in [6, 6.07) is 14.0. The fourth-order valence-electron chi connectivity index (χ4n) is 4.98. The molecule has 5 nitrogen and oxygen atoms in total. The van der Waals surface area contributed by atoms with Gasteiger partial charge in [-0.15, -0.1) is 0 Å². The molecule has 1 fully saturated rings. The molecule has 192 valence electrons. The maximum Gasteiger partial charge on any atom is 0.416 e. The number of halogens is 4. The summed E-state index contributed by atoms with van der Waals surface area (Å²) in [6.45, 7) is -0.368. The number of ether oxygens (including phenoxy) is 1. The summed E-state index contributed by atoms with van der Waals surface area (Å²) < 4.78 is 62.7. The molecule has 5 rings (SSSR count). The second kappa shape index (κ2) is 9.88. The Bertz CT molecular complexity index is 1460. The lowest BCUT2D eigenvalue weighted by molar-refractivity contribution is -0.138. The largest absolute Gasteiger partial charge is 0.489 e. The van der Waals surface area contributed by atoms with Gasteiger partial charge in [0.1, 0.15) is 24.0 Å². The monoisotopic (exact) mass is 512 g/mol. The third-order valence-electron chi connectivity index (χ3n) is 6.77. The number of aromatic nitrogens is 2. The first-order valence-electron chi connectivity index (χ1n) is 12.1. The maximum atomic E-state index is 15.4. The van der Waals surface area contributed by atoms with Crippen LogP contribution in [0.2, 0.25) is 0 Å². The molecule has 1 N–H and O–H groups in total. The van der Waals surface area contributed by atoms with Gasteiger partial charge in [-0.05, 0) is 49.2 Å². The van der Waals surface area contributed by atoms with Crippen LogP contribution in [0.15, 0.2) is 60.7 Å². The zero-order valence-electron chi connectivity index (χ0n) is 19.8. The summed E-state index contributed by atoms with van der Waals surface area (Å²) in [7, 11) is 0. The van der Waals surface area contributed by atoms with Crippen molar-refractivity contribution in [3.63, 3.8) is 0 Å². The van der Waals surface area contributed by atoms with Crippen molar-refractivity contribution >= 4 is 17.0 Å². The minimum absolute atomic E-state index is 0.0483. The van der Waals surface area contributed by atoms with Crippen LogP contribution in [0.4, 0.5) is 17.6 Å². The number of carboxylic acids is 1. The summed E-state index contributed by atoms with van der Waals surface area (Å²) in [4.78, 5) is 16.1. The maximum absolute atomic E-state index is 15.4. The van der Waals surface area contributed by atoms with Gasteiger partial charge in [0.05, 0.1) is 27.7 Å². The van der Waals surface area contributed by atoms with E-state index in [-0.39, 0.29) is 35.1 Å². The lowest BCUT2D eigenvalue weighted by Crippen LogP contribution is -2.14. The van der Waals surface area contributed by atoms with Crippen molar-refractivity contribution in [2.75, 3.05) is 0 Å². The fourth-order valence-corrected chi connectivity index (χ4v) is 4.98. The fraction of sp³-hybridized carbons (Fsp3) is 0.286. The third-order valence-corrected chi connectivity index (χ3v) is 6.77. The molecule has 0 amide bonds. The van der Waals surface area contributed by atoms with Gasteiger partial charge in [0, 0.05) is 17.7 Å². The van der Waals surface area contributed by atoms with Crippen LogP contribution < -0.4 is 4.74 Å². The van der Waals surface area contributed by atoms with Crippen LogP contribution >= 0.6 is 0 Å². The van der Waals surface area contributed by atoms with E-state index in [2.05, 4.69) is 4.98 Å². The van der Waals surface area contributed by atoms with Gasteiger partial charge in [-0.25, -0.2) is 14.2 Å². The Morgan fingerprint density at radius 1 is 1.03 bits per heavy atom. The van der Waals surface area contributed by atoms with E-state index in [4.69, 9.17) is 4.74 Å². The van der Waals surface area contributed by atoms with Crippen molar-refractivity contribution < 1.29 is 32.2 Å². The van der Waals surface area contributed by atoms with Gasteiger partial charge in [0.25, 0.3) is 0 Å². The number of hydrogen-bond acceptors (Lipinski definition) is 3. The predicted molar refractivity (Wildman–Crippen MR) is 130 cm³/mol. The molecule has 0 unspecified atom stereocenters. The highest BCUT2D eigenvalue weighted by Gasteiger charge is 2.33. The van der Waals surface area contributed by atoms with Crippen molar-refractivity contribution in [2.24, 2.45) is 0 Å². The first-order chi connectivity index (χ1) is 17.7. The lowest BCUT2D eigenvalue weighted by atomic mass is 9.94. The van der Waals surface area contributed by atoms with Crippen molar-refractivity contribution in [3.05, 3.63) is 83.2 Å². The van der Waals surface area contributed by atoms with Crippen LogP contribution in [0, 0.1) is 5.82 Å². The highest BCUT2D eigenvalue weighted by atomic mass is 19.4. The van der Waals surface area contributed by atoms with Crippen LogP contribution in [0.1, 0.15) is 59.6 Å². The zero-order chi connectivity index (χ0) is 26.2. The van der Waals surface area contributed by atoms with Gasteiger partial charge >= 0.3 is 12.1 Å². The lowest BCUT2D eigenvalue weighted by Gasteiger charge is -2.25. The normalized spacial score (nSPS) is 14.7. The number of rotatable bonds is 6. The molecule has 0 saturated heterocycles. The molecular formula is C28H24F4N2O3. The molecule has 37 heavy (non-hydrogen) atoms. The highest BCUT2D eigenvalue weighted by molar-refractivity contribution is 5.93. The third kappa shape index (κ3) is 5.03. The predicted octanol–water partition coefficient (Wildman–Crippen LogP) is 7.64. The van der Waals surface area contributed by atoms with E-state index < -0.39 is 23.5 Å². The minimum atomic E-state index is -4.52. The molecule has 1 aliphatic carbocycles. The Kier molecular flexibility index (Phi) is 6.62. The first-order valence-corrected chi connectivity index (χ1v) is 12.1. The van der Waals surface area contributed by atoms with E-state index >= 15 is 4.39 Å². The Balaban J connectivity index is 1.49. The van der Waals surface area contributed by atoms with E-state index in [1.54, 1.807) is 6.07 Å². The number of nitrogens with zero attached hydrogens (tertiary/aromatic N) is 2. The standard InChI is InChI=1S/C28H24F4N2O3/c29-23-15-20(37-16-18-6-4-5-9-22(18)28(30,31)32)11-12-21(23)26-33-24-14-17(27(35)36)10-13-25(24)34(26)19-7-2-1-3-8-19/h4-6,9-15,19H,1-3,7-8,16H2,(H,35,36). The molecule has 0 atom stereocenters. The summed E-state index contributed by atoms with van der Waals surface area (Å²) in [5.41, 5.74) is 0.651. The molecule has 9 heteroatoms. The summed E-state index contributed by atoms with van der Waals surface area (Å²) in [5.74, 6) is -1.23. The molecule has 1 aromatic heterocycles. The van der Waals surface area contributed by atoms with Gasteiger partial charge < -0.3 is 14.4 Å². The molecule has 1 aliphatic rings. The van der Waals surface area contributed by atoms with Crippen molar-refractivity contribution in [3.8, 4) is 17.1 Å². The average molecular weight is 513 g/mol. The number of benzene rings is 3. The molecule has 4 aromatic rings. The van der Waals surface area contributed by atoms with Crippen LogP contribution in [-0.4, -0.2) is 20.6 Å². The van der Waals surface area contributed by atoms with E-state index in [0.29, 0.717) is 11.3 Å². The van der Waals surface area contributed by atoms with Gasteiger partial charge in [0.2, 0.25) is 0 Å². The minimum Gasteiger partial charge on any atom is -0.489 e. The Morgan fingerprint density at radius 3 is 2.49 bits per heavy atom. The number of aromatic carboxylic acids is 1. The highest BCUT2D eigenvalue weighted by Crippen LogP contribution is 2.38.